The average molecular weight is 443 g/mol. The molecule has 0 aliphatic carbocycles. The maximum atomic E-state index is 13.1. The molecule has 2 N–H and O–H groups in total. The number of rotatable bonds is 9. The van der Waals surface area contributed by atoms with E-state index in [1.807, 2.05) is 74.5 Å². The van der Waals surface area contributed by atoms with E-state index in [1.54, 1.807) is 4.90 Å². The molecule has 2 aromatic carbocycles. The summed E-state index contributed by atoms with van der Waals surface area (Å²) in [6.07, 6.45) is 0.369. The van der Waals surface area contributed by atoms with Crippen molar-refractivity contribution >= 4 is 34.6 Å². The summed E-state index contributed by atoms with van der Waals surface area (Å²) in [7, 11) is 0. The van der Waals surface area contributed by atoms with Crippen LogP contribution in [0.3, 0.4) is 0 Å². The van der Waals surface area contributed by atoms with Crippen molar-refractivity contribution in [3.63, 3.8) is 0 Å². The Morgan fingerprint density at radius 2 is 1.77 bits per heavy atom. The zero-order valence-electron chi connectivity index (χ0n) is 17.5. The minimum absolute atomic E-state index is 0.0712. The van der Waals surface area contributed by atoms with Gasteiger partial charge < -0.3 is 19.7 Å². The minimum Gasteiger partial charge on any atom is -0.491 e. The topological polar surface area (TPSA) is 91.6 Å². The van der Waals surface area contributed by atoms with Crippen LogP contribution in [0.5, 0.6) is 5.75 Å². The number of hydrogen-bond donors (Lipinski definition) is 2. The van der Waals surface area contributed by atoms with E-state index in [1.165, 1.54) is 11.8 Å². The van der Waals surface area contributed by atoms with Gasteiger partial charge in [-0.25, -0.2) is 0 Å². The molecule has 1 aliphatic rings. The summed E-state index contributed by atoms with van der Waals surface area (Å²) >= 11 is 1.37. The van der Waals surface area contributed by atoms with Crippen molar-refractivity contribution < 1.29 is 24.5 Å². The predicted octanol–water partition coefficient (Wildman–Crippen LogP) is 3.28. The fourth-order valence-electron chi connectivity index (χ4n) is 2.80. The molecule has 31 heavy (non-hydrogen) atoms. The third-order valence-electron chi connectivity index (χ3n) is 4.13. The highest BCUT2D eigenvalue weighted by Crippen LogP contribution is 2.36. The molecule has 0 bridgehead atoms. The Morgan fingerprint density at radius 3 is 2.42 bits per heavy atom. The molecule has 1 amide bonds. The first kappa shape index (κ1) is 23.0. The van der Waals surface area contributed by atoms with Gasteiger partial charge in [0.15, 0.2) is 11.5 Å². The third kappa shape index (κ3) is 6.67. The van der Waals surface area contributed by atoms with E-state index in [9.17, 15) is 4.79 Å². The van der Waals surface area contributed by atoms with Gasteiger partial charge in [-0.05, 0) is 61.5 Å². The van der Waals surface area contributed by atoms with Crippen LogP contribution in [0.4, 0.5) is 5.69 Å². The number of carbonyl (C=O) groups excluding carboxylic acids is 1. The lowest BCUT2D eigenvalue weighted by molar-refractivity contribution is -0.113. The number of amidine groups is 1. The van der Waals surface area contributed by atoms with Crippen molar-refractivity contribution in [3.05, 3.63) is 65.1 Å². The quantitative estimate of drug-likeness (QED) is 0.352. The van der Waals surface area contributed by atoms with Crippen LogP contribution in [0.25, 0.3) is 6.08 Å². The van der Waals surface area contributed by atoms with Gasteiger partial charge in [-0.1, -0.05) is 30.3 Å². The number of ether oxygens (including phenoxy) is 2. The zero-order valence-corrected chi connectivity index (χ0v) is 18.3. The van der Waals surface area contributed by atoms with Gasteiger partial charge in [0.05, 0.1) is 23.8 Å². The number of hydrogen-bond acceptors (Lipinski definition) is 7. The van der Waals surface area contributed by atoms with Crippen LogP contribution in [0.2, 0.25) is 0 Å². The van der Waals surface area contributed by atoms with Crippen LogP contribution in [-0.2, 0) is 9.53 Å². The van der Waals surface area contributed by atoms with E-state index in [0.29, 0.717) is 22.4 Å². The number of nitrogens with zero attached hydrogens (tertiary/aromatic N) is 2. The highest BCUT2D eigenvalue weighted by Gasteiger charge is 2.34. The number of benzene rings is 2. The Hall–Kier alpha value is -2.65. The fraction of sp³-hybridized carbons (Fsp3) is 0.304. The van der Waals surface area contributed by atoms with E-state index < -0.39 is 6.29 Å². The summed E-state index contributed by atoms with van der Waals surface area (Å²) < 4.78 is 10.6. The van der Waals surface area contributed by atoms with Crippen LogP contribution in [-0.4, -0.2) is 53.4 Å². The number of para-hydroxylation sites is 1. The molecule has 3 rings (SSSR count). The van der Waals surface area contributed by atoms with E-state index in [2.05, 4.69) is 4.99 Å². The van der Waals surface area contributed by atoms with Gasteiger partial charge in [-0.2, -0.15) is 0 Å². The van der Waals surface area contributed by atoms with E-state index >= 15 is 0 Å². The van der Waals surface area contributed by atoms with Gasteiger partial charge in [0.2, 0.25) is 0 Å². The van der Waals surface area contributed by atoms with Crippen molar-refractivity contribution in [2.24, 2.45) is 4.99 Å². The number of aliphatic hydroxyl groups excluding tert-OH is 1. The van der Waals surface area contributed by atoms with Crippen molar-refractivity contribution in [1.29, 1.82) is 0 Å². The molecule has 0 radical (unpaired) electrons. The summed E-state index contributed by atoms with van der Waals surface area (Å²) in [6, 6.07) is 17.0. The molecule has 0 unspecified atom stereocenters. The molecular formula is C23H26N2O5S. The maximum absolute atomic E-state index is 13.1. The molecule has 1 saturated heterocycles. The molecule has 0 saturated carbocycles. The molecule has 2 aromatic rings. The molecule has 0 aromatic heterocycles. The lowest BCUT2D eigenvalue weighted by atomic mass is 10.2. The molecular weight excluding hydrogens is 416 g/mol. The Labute approximate surface area is 186 Å². The number of carbonyl (C=O) groups is 1. The molecule has 1 aliphatic heterocycles. The van der Waals surface area contributed by atoms with Gasteiger partial charge in [-0.15, -0.1) is 0 Å². The summed E-state index contributed by atoms with van der Waals surface area (Å²) in [5.41, 5.74) is 1.67. The largest absolute Gasteiger partial charge is 0.491 e. The van der Waals surface area contributed by atoms with Gasteiger partial charge in [-0.3, -0.25) is 14.7 Å². The Balaban J connectivity index is 1.69. The zero-order chi connectivity index (χ0) is 22.2. The summed E-state index contributed by atoms with van der Waals surface area (Å²) in [5.74, 6) is 0.563. The average Bonchev–Trinajstić information content (AvgIpc) is 3.03. The smallest absolute Gasteiger partial charge is 0.271 e. The molecule has 164 valence electrons. The third-order valence-corrected chi connectivity index (χ3v) is 5.11. The van der Waals surface area contributed by atoms with Gasteiger partial charge >= 0.3 is 0 Å². The van der Waals surface area contributed by atoms with Gasteiger partial charge in [0.25, 0.3) is 5.91 Å². The number of amides is 1. The summed E-state index contributed by atoms with van der Waals surface area (Å²) in [5, 5.41) is 18.1. The molecule has 0 atom stereocenters. The first-order chi connectivity index (χ1) is 14.9. The van der Waals surface area contributed by atoms with Gasteiger partial charge in [0.1, 0.15) is 12.4 Å². The molecule has 0 spiro atoms. The molecule has 1 fully saturated rings. The lowest BCUT2D eigenvalue weighted by Crippen LogP contribution is -2.29. The number of thioether (sulfide) groups is 1. The van der Waals surface area contributed by atoms with Crippen LogP contribution in [0.15, 0.2) is 64.5 Å². The minimum atomic E-state index is -1.48. The van der Waals surface area contributed by atoms with E-state index in [4.69, 9.17) is 19.7 Å². The lowest BCUT2D eigenvalue weighted by Gasteiger charge is -2.16. The SMILES string of the molecule is CC(C)/N=C1\S/C(=C\c2ccc(OCCOCC(O)O)cc2)C(=O)N1c1ccccc1. The Morgan fingerprint density at radius 1 is 1.06 bits per heavy atom. The molecule has 7 nitrogen and oxygen atoms in total. The summed E-state index contributed by atoms with van der Waals surface area (Å²) in [6.45, 7) is 4.37. The van der Waals surface area contributed by atoms with E-state index in [0.717, 1.165) is 11.3 Å². The first-order valence-electron chi connectivity index (χ1n) is 9.97. The second-order valence-corrected chi connectivity index (χ2v) is 8.07. The second kappa shape index (κ2) is 11.1. The van der Waals surface area contributed by atoms with Crippen molar-refractivity contribution in [2.45, 2.75) is 26.2 Å². The Bertz CT molecular complexity index is 927. The fourth-order valence-corrected chi connectivity index (χ4v) is 3.92. The second-order valence-electron chi connectivity index (χ2n) is 7.07. The standard InChI is InChI=1S/C23H26N2O5S/c1-16(2)24-23-25(18-6-4-3-5-7-18)22(28)20(31-23)14-17-8-10-19(11-9-17)30-13-12-29-15-21(26)27/h3-11,14,16,21,26-27H,12-13,15H2,1-2H3/b20-14-,24-23-. The van der Waals surface area contributed by atoms with Crippen LogP contribution >= 0.6 is 11.8 Å². The summed E-state index contributed by atoms with van der Waals surface area (Å²) in [4.78, 5) is 20.0. The normalized spacial score (nSPS) is 16.8. The van der Waals surface area contributed by atoms with Gasteiger partial charge in [0, 0.05) is 6.04 Å². The van der Waals surface area contributed by atoms with Crippen molar-refractivity contribution in [3.8, 4) is 5.75 Å². The van der Waals surface area contributed by atoms with Crippen molar-refractivity contribution in [1.82, 2.24) is 0 Å². The highest BCUT2D eigenvalue weighted by atomic mass is 32.2. The van der Waals surface area contributed by atoms with Crippen LogP contribution < -0.4 is 9.64 Å². The van der Waals surface area contributed by atoms with Crippen LogP contribution in [0.1, 0.15) is 19.4 Å². The monoisotopic (exact) mass is 442 g/mol. The van der Waals surface area contributed by atoms with E-state index in [-0.39, 0.29) is 25.2 Å². The number of aliphatic hydroxyl groups is 2. The first-order valence-corrected chi connectivity index (χ1v) is 10.8. The number of aliphatic imine (C=N–C) groups is 1. The molecule has 1 heterocycles. The van der Waals surface area contributed by atoms with Crippen molar-refractivity contribution in [2.75, 3.05) is 24.7 Å². The number of anilines is 1. The Kier molecular flexibility index (Phi) is 8.25. The highest BCUT2D eigenvalue weighted by molar-refractivity contribution is 8.19. The maximum Gasteiger partial charge on any atom is 0.271 e. The predicted molar refractivity (Wildman–Crippen MR) is 123 cm³/mol. The van der Waals surface area contributed by atoms with Crippen LogP contribution in [0, 0.1) is 0 Å². The molecule has 8 heteroatoms.